The summed E-state index contributed by atoms with van der Waals surface area (Å²) in [7, 11) is 1.35. The maximum absolute atomic E-state index is 11.8. The van der Waals surface area contributed by atoms with E-state index in [0.717, 1.165) is 11.4 Å². The van der Waals surface area contributed by atoms with E-state index in [2.05, 4.69) is 23.2 Å². The second-order valence-corrected chi connectivity index (χ2v) is 6.10. The van der Waals surface area contributed by atoms with Gasteiger partial charge in [0.2, 0.25) is 0 Å². The first-order valence-electron chi connectivity index (χ1n) is 8.74. The van der Waals surface area contributed by atoms with Crippen molar-refractivity contribution in [3.05, 3.63) is 103 Å². The predicted octanol–water partition coefficient (Wildman–Crippen LogP) is 3.52. The zero-order chi connectivity index (χ0) is 20.8. The van der Waals surface area contributed by atoms with Crippen LogP contribution in [0.15, 0.2) is 92.1 Å². The van der Waals surface area contributed by atoms with Crippen molar-refractivity contribution >= 4 is 17.2 Å². The number of allylic oxidation sites excluding steroid dienone is 3. The van der Waals surface area contributed by atoms with Crippen molar-refractivity contribution in [2.75, 3.05) is 12.1 Å². The summed E-state index contributed by atoms with van der Waals surface area (Å²) in [6.45, 7) is 8.21. The average molecular weight is 387 g/mol. The number of ether oxygens (including phenoxy) is 1. The Kier molecular flexibility index (Phi) is 6.01. The van der Waals surface area contributed by atoms with Crippen molar-refractivity contribution in [3.63, 3.8) is 0 Å². The molecule has 7 heteroatoms. The van der Waals surface area contributed by atoms with Gasteiger partial charge in [-0.25, -0.2) is 15.3 Å². The second kappa shape index (κ2) is 8.81. The lowest BCUT2D eigenvalue weighted by molar-refractivity contribution is 0.0600. The smallest absolute Gasteiger partial charge is 0.337 e. The molecule has 0 aliphatic heterocycles. The minimum atomic E-state index is -0.411. The molecule has 0 unspecified atom stereocenters. The number of hydrazine groups is 1. The Morgan fingerprint density at radius 3 is 2.66 bits per heavy atom. The number of hydrogen-bond donors (Lipinski definition) is 1. The van der Waals surface area contributed by atoms with Crippen molar-refractivity contribution in [1.82, 2.24) is 14.8 Å². The van der Waals surface area contributed by atoms with Gasteiger partial charge in [-0.1, -0.05) is 19.2 Å². The van der Waals surface area contributed by atoms with Gasteiger partial charge in [0.1, 0.15) is 0 Å². The van der Waals surface area contributed by atoms with Crippen molar-refractivity contribution in [1.29, 1.82) is 0 Å². The Balaban J connectivity index is 1.81. The van der Waals surface area contributed by atoms with Crippen LogP contribution in [-0.2, 0) is 4.74 Å². The first-order chi connectivity index (χ1) is 14.0. The first kappa shape index (κ1) is 19.8. The van der Waals surface area contributed by atoms with Crippen molar-refractivity contribution in [2.45, 2.75) is 0 Å². The highest BCUT2D eigenvalue weighted by molar-refractivity contribution is 5.90. The quantitative estimate of drug-likeness (QED) is 0.289. The van der Waals surface area contributed by atoms with Crippen molar-refractivity contribution in [2.24, 2.45) is 5.84 Å². The number of carbonyl (C=O) groups is 1. The fourth-order valence-electron chi connectivity index (χ4n) is 2.66. The van der Waals surface area contributed by atoms with E-state index in [1.54, 1.807) is 65.9 Å². The lowest BCUT2D eigenvalue weighted by atomic mass is 10.1. The van der Waals surface area contributed by atoms with Crippen LogP contribution in [-0.4, -0.2) is 27.8 Å². The Hall–Kier alpha value is -3.97. The molecule has 0 saturated carbocycles. The Bertz CT molecular complexity index is 1070. The number of aromatic nitrogens is 3. The van der Waals surface area contributed by atoms with E-state index in [1.807, 2.05) is 12.1 Å². The molecule has 0 fully saturated rings. The first-order valence-corrected chi connectivity index (χ1v) is 8.74. The van der Waals surface area contributed by atoms with E-state index in [1.165, 1.54) is 12.1 Å². The molecular formula is C22H21N5O2. The zero-order valence-electron chi connectivity index (χ0n) is 16.0. The van der Waals surface area contributed by atoms with Gasteiger partial charge >= 0.3 is 5.97 Å². The predicted molar refractivity (Wildman–Crippen MR) is 113 cm³/mol. The summed E-state index contributed by atoms with van der Waals surface area (Å²) in [4.78, 5) is 15.8. The Labute approximate surface area is 169 Å². The van der Waals surface area contributed by atoms with E-state index < -0.39 is 5.97 Å². The maximum Gasteiger partial charge on any atom is 0.337 e. The van der Waals surface area contributed by atoms with Crippen LogP contribution in [0, 0.1) is 0 Å². The highest BCUT2D eigenvalue weighted by Gasteiger charge is 2.12. The molecule has 29 heavy (non-hydrogen) atoms. The third kappa shape index (κ3) is 4.48. The molecule has 3 rings (SSSR count). The van der Waals surface area contributed by atoms with E-state index in [0.29, 0.717) is 22.4 Å². The van der Waals surface area contributed by atoms with E-state index in [9.17, 15) is 4.79 Å². The fraction of sp³-hybridized carbons (Fsp3) is 0.0455. The standard InChI is InChI=1S/C22H21N5O2/c1-16(10-14-26(23)19-7-11-24-12-8-19)17(2)21-9-13-25-27(21)20-6-4-5-18(15-20)22(28)29-3/h4-15H,1-2,23H2,3H3/b14-10-. The van der Waals surface area contributed by atoms with Crippen LogP contribution in [0.3, 0.4) is 0 Å². The lowest BCUT2D eigenvalue weighted by Gasteiger charge is -2.14. The second-order valence-electron chi connectivity index (χ2n) is 6.10. The number of anilines is 1. The average Bonchev–Trinajstić information content (AvgIpc) is 3.26. The number of benzene rings is 1. The summed E-state index contributed by atoms with van der Waals surface area (Å²) in [5, 5.41) is 5.82. The highest BCUT2D eigenvalue weighted by Crippen LogP contribution is 2.24. The summed E-state index contributed by atoms with van der Waals surface area (Å²) in [6.07, 6.45) is 8.45. The SMILES string of the molecule is C=C(/C=C\N(N)c1ccncc1)C(=C)c1ccnn1-c1cccc(C(=O)OC)c1. The molecule has 7 nitrogen and oxygen atoms in total. The summed E-state index contributed by atoms with van der Waals surface area (Å²) in [5.74, 6) is 5.62. The molecule has 0 amide bonds. The lowest BCUT2D eigenvalue weighted by Crippen LogP contribution is -2.23. The number of hydrogen-bond acceptors (Lipinski definition) is 6. The van der Waals surface area contributed by atoms with E-state index in [4.69, 9.17) is 10.6 Å². The molecule has 0 aliphatic rings. The van der Waals surface area contributed by atoms with E-state index >= 15 is 0 Å². The molecular weight excluding hydrogens is 366 g/mol. The maximum atomic E-state index is 11.8. The van der Waals surface area contributed by atoms with Gasteiger partial charge in [-0.15, -0.1) is 0 Å². The van der Waals surface area contributed by atoms with Crippen molar-refractivity contribution < 1.29 is 9.53 Å². The topological polar surface area (TPSA) is 86.3 Å². The molecule has 0 bridgehead atoms. The molecule has 0 aliphatic carbocycles. The largest absolute Gasteiger partial charge is 0.465 e. The molecule has 0 spiro atoms. The minimum absolute atomic E-state index is 0.411. The number of carbonyl (C=O) groups excluding carboxylic acids is 1. The normalized spacial score (nSPS) is 10.7. The van der Waals surface area contributed by atoms with Crippen LogP contribution in [0.1, 0.15) is 16.1 Å². The van der Waals surface area contributed by atoms with E-state index in [-0.39, 0.29) is 0 Å². The van der Waals surface area contributed by atoms with Gasteiger partial charge < -0.3 is 4.74 Å². The third-order valence-electron chi connectivity index (χ3n) is 4.25. The van der Waals surface area contributed by atoms with Crippen LogP contribution < -0.4 is 10.9 Å². The number of methoxy groups -OCH3 is 1. The number of pyridine rings is 1. The zero-order valence-corrected chi connectivity index (χ0v) is 16.0. The summed E-state index contributed by atoms with van der Waals surface area (Å²) >= 11 is 0. The van der Waals surface area contributed by atoms with Gasteiger partial charge in [0.25, 0.3) is 0 Å². The summed E-state index contributed by atoms with van der Waals surface area (Å²) < 4.78 is 6.48. The van der Waals surface area contributed by atoms with Gasteiger partial charge in [-0.3, -0.25) is 9.99 Å². The number of esters is 1. The third-order valence-corrected chi connectivity index (χ3v) is 4.25. The monoisotopic (exact) mass is 387 g/mol. The van der Waals surface area contributed by atoms with Crippen molar-refractivity contribution in [3.8, 4) is 5.69 Å². The molecule has 1 aromatic carbocycles. The highest BCUT2D eigenvalue weighted by atomic mass is 16.5. The molecule has 0 atom stereocenters. The summed E-state index contributed by atoms with van der Waals surface area (Å²) in [5.41, 5.74) is 4.02. The van der Waals surface area contributed by atoms with Gasteiger partial charge in [0, 0.05) is 18.6 Å². The Morgan fingerprint density at radius 2 is 1.93 bits per heavy atom. The van der Waals surface area contributed by atoms with Gasteiger partial charge in [0.15, 0.2) is 0 Å². The van der Waals surface area contributed by atoms with Crippen LogP contribution in [0.2, 0.25) is 0 Å². The van der Waals surface area contributed by atoms with Gasteiger partial charge in [0.05, 0.1) is 35.9 Å². The molecule has 3 aromatic rings. The van der Waals surface area contributed by atoms with Crippen LogP contribution in [0.5, 0.6) is 0 Å². The van der Waals surface area contributed by atoms with Crippen LogP contribution in [0.4, 0.5) is 5.69 Å². The molecule has 0 radical (unpaired) electrons. The number of nitrogens with two attached hydrogens (primary N) is 1. The van der Waals surface area contributed by atoms with Crippen LogP contribution >= 0.6 is 0 Å². The number of rotatable bonds is 7. The molecule has 2 aromatic heterocycles. The fourth-order valence-corrected chi connectivity index (χ4v) is 2.66. The van der Waals surface area contributed by atoms with Crippen LogP contribution in [0.25, 0.3) is 11.3 Å². The summed E-state index contributed by atoms with van der Waals surface area (Å²) in [6, 6.07) is 12.4. The molecule has 2 heterocycles. The number of nitrogens with zero attached hydrogens (tertiary/aromatic N) is 4. The molecule has 146 valence electrons. The molecule has 0 saturated heterocycles. The van der Waals surface area contributed by atoms with Gasteiger partial charge in [-0.05, 0) is 53.6 Å². The minimum Gasteiger partial charge on any atom is -0.465 e. The van der Waals surface area contributed by atoms with Gasteiger partial charge in [-0.2, -0.15) is 5.10 Å². The molecule has 2 N–H and O–H groups in total. The Morgan fingerprint density at radius 1 is 1.17 bits per heavy atom.